The molecule has 1 aliphatic heterocycles. The first-order chi connectivity index (χ1) is 7.93. The molecule has 0 spiro atoms. The van der Waals surface area contributed by atoms with Gasteiger partial charge in [0.25, 0.3) is 0 Å². The summed E-state index contributed by atoms with van der Waals surface area (Å²) in [7, 11) is 1.65. The van der Waals surface area contributed by atoms with Crippen LogP contribution in [0.15, 0.2) is 18.2 Å². The Labute approximate surface area is 102 Å². The summed E-state index contributed by atoms with van der Waals surface area (Å²) < 4.78 is 5.21. The van der Waals surface area contributed by atoms with E-state index < -0.39 is 0 Å². The fourth-order valence-electron chi connectivity index (χ4n) is 2.10. The summed E-state index contributed by atoms with van der Waals surface area (Å²) in [4.78, 5) is 13.6. The van der Waals surface area contributed by atoms with E-state index in [0.29, 0.717) is 6.54 Å². The molecule has 1 fully saturated rings. The summed E-state index contributed by atoms with van der Waals surface area (Å²) in [5.41, 5.74) is 1.76. The van der Waals surface area contributed by atoms with Crippen LogP contribution in [0.3, 0.4) is 0 Å². The van der Waals surface area contributed by atoms with Gasteiger partial charge in [-0.15, -0.1) is 0 Å². The van der Waals surface area contributed by atoms with Crippen LogP contribution in [0.2, 0.25) is 0 Å². The Bertz CT molecular complexity index is 455. The third kappa shape index (κ3) is 2.20. The molecule has 1 heterocycles. The molecular formula is C13H18N2O2. The topological polar surface area (TPSA) is 41.6 Å². The Morgan fingerprint density at radius 3 is 2.59 bits per heavy atom. The molecule has 0 unspecified atom stereocenters. The molecule has 92 valence electrons. The second kappa shape index (κ2) is 3.95. The van der Waals surface area contributed by atoms with Gasteiger partial charge < -0.3 is 10.1 Å². The van der Waals surface area contributed by atoms with Gasteiger partial charge in [-0.3, -0.25) is 4.90 Å². The van der Waals surface area contributed by atoms with Crippen molar-refractivity contribution in [3.8, 4) is 5.75 Å². The quantitative estimate of drug-likeness (QED) is 0.853. The van der Waals surface area contributed by atoms with Crippen molar-refractivity contribution in [1.82, 2.24) is 5.32 Å². The van der Waals surface area contributed by atoms with Crippen LogP contribution >= 0.6 is 0 Å². The highest BCUT2D eigenvalue weighted by atomic mass is 16.5. The molecule has 4 nitrogen and oxygen atoms in total. The lowest BCUT2D eigenvalue weighted by Crippen LogP contribution is -2.36. The molecule has 2 rings (SSSR count). The van der Waals surface area contributed by atoms with Crippen molar-refractivity contribution in [2.75, 3.05) is 18.6 Å². The number of amides is 2. The number of carbonyl (C=O) groups is 1. The van der Waals surface area contributed by atoms with Gasteiger partial charge in [-0.2, -0.15) is 0 Å². The molecule has 1 aromatic rings. The standard InChI is InChI=1S/C13H18N2O2/c1-9-7-10(5-6-11(9)17-4)15-8-13(2,3)14-12(15)16/h5-7H,8H2,1-4H3,(H,14,16). The Morgan fingerprint density at radius 2 is 2.12 bits per heavy atom. The third-order valence-corrected chi connectivity index (χ3v) is 2.93. The van der Waals surface area contributed by atoms with Crippen molar-refractivity contribution in [1.29, 1.82) is 0 Å². The van der Waals surface area contributed by atoms with Crippen LogP contribution in [0.1, 0.15) is 19.4 Å². The summed E-state index contributed by atoms with van der Waals surface area (Å²) in [6.07, 6.45) is 0. The smallest absolute Gasteiger partial charge is 0.322 e. The van der Waals surface area contributed by atoms with Crippen molar-refractivity contribution < 1.29 is 9.53 Å². The highest BCUT2D eigenvalue weighted by molar-refractivity contribution is 5.95. The maximum atomic E-state index is 11.8. The van der Waals surface area contributed by atoms with Gasteiger partial charge in [-0.05, 0) is 44.5 Å². The predicted molar refractivity (Wildman–Crippen MR) is 67.7 cm³/mol. The van der Waals surface area contributed by atoms with Gasteiger partial charge in [0.05, 0.1) is 19.2 Å². The lowest BCUT2D eigenvalue weighted by atomic mass is 10.1. The van der Waals surface area contributed by atoms with E-state index >= 15 is 0 Å². The number of hydrogen-bond donors (Lipinski definition) is 1. The van der Waals surface area contributed by atoms with Crippen LogP contribution in [0.25, 0.3) is 0 Å². The number of nitrogens with zero attached hydrogens (tertiary/aromatic N) is 1. The van der Waals surface area contributed by atoms with Crippen molar-refractivity contribution in [3.05, 3.63) is 23.8 Å². The van der Waals surface area contributed by atoms with E-state index in [1.807, 2.05) is 39.0 Å². The number of urea groups is 1. The normalized spacial score (nSPS) is 18.1. The molecule has 1 aromatic carbocycles. The van der Waals surface area contributed by atoms with Gasteiger partial charge >= 0.3 is 6.03 Å². The Hall–Kier alpha value is -1.71. The first kappa shape index (κ1) is 11.8. The number of nitrogens with one attached hydrogen (secondary N) is 1. The van der Waals surface area contributed by atoms with Gasteiger partial charge in [0, 0.05) is 5.69 Å². The first-order valence-electron chi connectivity index (χ1n) is 5.67. The second-order valence-corrected chi connectivity index (χ2v) is 5.05. The Balaban J connectivity index is 2.30. The number of aryl methyl sites for hydroxylation is 1. The molecule has 0 radical (unpaired) electrons. The van der Waals surface area contributed by atoms with Crippen molar-refractivity contribution in [3.63, 3.8) is 0 Å². The molecule has 4 heteroatoms. The zero-order valence-corrected chi connectivity index (χ0v) is 10.7. The summed E-state index contributed by atoms with van der Waals surface area (Å²) in [6.45, 7) is 6.68. The number of ether oxygens (including phenoxy) is 1. The second-order valence-electron chi connectivity index (χ2n) is 5.05. The fraction of sp³-hybridized carbons (Fsp3) is 0.462. The molecule has 2 amide bonds. The molecular weight excluding hydrogens is 216 g/mol. The van der Waals surface area contributed by atoms with E-state index in [1.165, 1.54) is 0 Å². The van der Waals surface area contributed by atoms with Gasteiger partial charge in [0.1, 0.15) is 5.75 Å². The number of hydrogen-bond acceptors (Lipinski definition) is 2. The molecule has 0 aromatic heterocycles. The number of rotatable bonds is 2. The number of carbonyl (C=O) groups excluding carboxylic acids is 1. The minimum atomic E-state index is -0.176. The average Bonchev–Trinajstić information content (AvgIpc) is 2.52. The van der Waals surface area contributed by atoms with Gasteiger partial charge in [0.15, 0.2) is 0 Å². The lowest BCUT2D eigenvalue weighted by molar-refractivity contribution is 0.249. The van der Waals surface area contributed by atoms with Gasteiger partial charge in [-0.1, -0.05) is 0 Å². The van der Waals surface area contributed by atoms with E-state index in [0.717, 1.165) is 17.0 Å². The minimum Gasteiger partial charge on any atom is -0.496 e. The van der Waals surface area contributed by atoms with Crippen LogP contribution in [-0.4, -0.2) is 25.2 Å². The SMILES string of the molecule is COc1ccc(N2CC(C)(C)NC2=O)cc1C. The lowest BCUT2D eigenvalue weighted by Gasteiger charge is -2.18. The van der Waals surface area contributed by atoms with Crippen molar-refractivity contribution in [2.45, 2.75) is 26.3 Å². The van der Waals surface area contributed by atoms with Crippen LogP contribution in [0, 0.1) is 6.92 Å². The third-order valence-electron chi connectivity index (χ3n) is 2.93. The molecule has 17 heavy (non-hydrogen) atoms. The molecule has 1 aliphatic rings. The maximum absolute atomic E-state index is 11.8. The maximum Gasteiger partial charge on any atom is 0.322 e. The highest BCUT2D eigenvalue weighted by Gasteiger charge is 2.35. The summed E-state index contributed by atoms with van der Waals surface area (Å²) in [6, 6.07) is 5.73. The van der Waals surface area contributed by atoms with E-state index in [4.69, 9.17) is 4.74 Å². The molecule has 0 saturated carbocycles. The monoisotopic (exact) mass is 234 g/mol. The Kier molecular flexibility index (Phi) is 2.73. The largest absolute Gasteiger partial charge is 0.496 e. The minimum absolute atomic E-state index is 0.0421. The fourth-order valence-corrected chi connectivity index (χ4v) is 2.10. The van der Waals surface area contributed by atoms with Crippen LogP contribution in [0.5, 0.6) is 5.75 Å². The molecule has 1 saturated heterocycles. The van der Waals surface area contributed by atoms with Crippen LogP contribution in [-0.2, 0) is 0 Å². The van der Waals surface area contributed by atoms with Crippen LogP contribution in [0.4, 0.5) is 10.5 Å². The average molecular weight is 234 g/mol. The zero-order chi connectivity index (χ0) is 12.6. The number of methoxy groups -OCH3 is 1. The van der Waals surface area contributed by atoms with Gasteiger partial charge in [0.2, 0.25) is 0 Å². The van der Waals surface area contributed by atoms with Crippen molar-refractivity contribution >= 4 is 11.7 Å². The van der Waals surface area contributed by atoms with E-state index in [9.17, 15) is 4.79 Å². The summed E-state index contributed by atoms with van der Waals surface area (Å²) >= 11 is 0. The highest BCUT2D eigenvalue weighted by Crippen LogP contribution is 2.27. The Morgan fingerprint density at radius 1 is 1.41 bits per heavy atom. The van der Waals surface area contributed by atoms with E-state index in [1.54, 1.807) is 12.0 Å². The predicted octanol–water partition coefficient (Wildman–Crippen LogP) is 2.31. The number of anilines is 1. The molecule has 0 aliphatic carbocycles. The number of benzene rings is 1. The molecule has 1 N–H and O–H groups in total. The van der Waals surface area contributed by atoms with Crippen molar-refractivity contribution in [2.24, 2.45) is 0 Å². The van der Waals surface area contributed by atoms with Crippen LogP contribution < -0.4 is 15.0 Å². The molecule has 0 atom stereocenters. The summed E-state index contributed by atoms with van der Waals surface area (Å²) in [5, 5.41) is 2.95. The van der Waals surface area contributed by atoms with Gasteiger partial charge in [-0.25, -0.2) is 4.79 Å². The van der Waals surface area contributed by atoms with E-state index in [2.05, 4.69) is 5.32 Å². The summed E-state index contributed by atoms with van der Waals surface area (Å²) in [5.74, 6) is 0.840. The zero-order valence-electron chi connectivity index (χ0n) is 10.7. The van der Waals surface area contributed by atoms with E-state index in [-0.39, 0.29) is 11.6 Å². The molecule has 0 bridgehead atoms. The first-order valence-corrected chi connectivity index (χ1v) is 5.67.